The third kappa shape index (κ3) is 4.92. The standard InChI is InChI=1S/C27H28N2O3S/c1-19-11-13-25(14-12-19)33(31,32)29(16-15-22-9-5-4-7-20(22)2)18-24-17-23-10-6-8-21(3)26(23)28-27(24)30/h4-14,17H,15-16,18H2,1-3H3,(H,28,30). The molecule has 5 nitrogen and oxygen atoms in total. The van der Waals surface area contributed by atoms with Crippen molar-refractivity contribution in [1.29, 1.82) is 0 Å². The largest absolute Gasteiger partial charge is 0.321 e. The number of hydrogen-bond acceptors (Lipinski definition) is 3. The lowest BCUT2D eigenvalue weighted by molar-refractivity contribution is 0.408. The van der Waals surface area contributed by atoms with Gasteiger partial charge in [0, 0.05) is 18.7 Å². The number of para-hydroxylation sites is 1. The van der Waals surface area contributed by atoms with E-state index in [1.54, 1.807) is 30.3 Å². The molecule has 170 valence electrons. The Morgan fingerprint density at radius 2 is 1.52 bits per heavy atom. The van der Waals surface area contributed by atoms with Gasteiger partial charge in [0.1, 0.15) is 0 Å². The molecule has 3 aromatic carbocycles. The quantitative estimate of drug-likeness (QED) is 0.427. The van der Waals surface area contributed by atoms with Crippen LogP contribution in [-0.4, -0.2) is 24.3 Å². The minimum Gasteiger partial charge on any atom is -0.321 e. The van der Waals surface area contributed by atoms with E-state index >= 15 is 0 Å². The summed E-state index contributed by atoms with van der Waals surface area (Å²) in [6.45, 7) is 6.15. The van der Waals surface area contributed by atoms with Crippen LogP contribution in [0.3, 0.4) is 0 Å². The molecule has 0 aliphatic rings. The lowest BCUT2D eigenvalue weighted by atomic mass is 10.1. The van der Waals surface area contributed by atoms with Gasteiger partial charge in [-0.15, -0.1) is 0 Å². The van der Waals surface area contributed by atoms with E-state index in [4.69, 9.17) is 0 Å². The van der Waals surface area contributed by atoms with Crippen LogP contribution in [-0.2, 0) is 23.0 Å². The van der Waals surface area contributed by atoms with Crippen LogP contribution in [0.25, 0.3) is 10.9 Å². The van der Waals surface area contributed by atoms with Gasteiger partial charge in [-0.2, -0.15) is 4.31 Å². The molecule has 4 aromatic rings. The first kappa shape index (κ1) is 23.0. The highest BCUT2D eigenvalue weighted by Gasteiger charge is 2.25. The predicted molar refractivity (Wildman–Crippen MR) is 133 cm³/mol. The van der Waals surface area contributed by atoms with Crippen LogP contribution in [0.5, 0.6) is 0 Å². The zero-order valence-electron chi connectivity index (χ0n) is 19.1. The molecular formula is C27H28N2O3S. The van der Waals surface area contributed by atoms with Gasteiger partial charge in [0.15, 0.2) is 0 Å². The number of H-pyrrole nitrogens is 1. The summed E-state index contributed by atoms with van der Waals surface area (Å²) in [5.74, 6) is 0. The normalized spacial score (nSPS) is 11.9. The summed E-state index contributed by atoms with van der Waals surface area (Å²) in [5, 5.41) is 0.885. The molecule has 0 radical (unpaired) electrons. The second-order valence-corrected chi connectivity index (χ2v) is 10.4. The van der Waals surface area contributed by atoms with E-state index in [1.807, 2.05) is 63.2 Å². The molecule has 0 aliphatic carbocycles. The van der Waals surface area contributed by atoms with Gasteiger partial charge in [0.25, 0.3) is 5.56 Å². The highest BCUT2D eigenvalue weighted by atomic mass is 32.2. The van der Waals surface area contributed by atoms with Crippen LogP contribution in [0.4, 0.5) is 0 Å². The molecule has 1 N–H and O–H groups in total. The van der Waals surface area contributed by atoms with E-state index in [2.05, 4.69) is 4.98 Å². The molecule has 0 aliphatic heterocycles. The minimum atomic E-state index is -3.80. The summed E-state index contributed by atoms with van der Waals surface area (Å²) in [6.07, 6.45) is 0.558. The Hall–Kier alpha value is -3.22. The number of fused-ring (bicyclic) bond motifs is 1. The molecule has 0 saturated carbocycles. The van der Waals surface area contributed by atoms with Crippen molar-refractivity contribution in [3.63, 3.8) is 0 Å². The van der Waals surface area contributed by atoms with E-state index in [0.717, 1.165) is 33.2 Å². The van der Waals surface area contributed by atoms with Crippen molar-refractivity contribution in [2.45, 2.75) is 38.6 Å². The lowest BCUT2D eigenvalue weighted by Gasteiger charge is -2.23. The van der Waals surface area contributed by atoms with Gasteiger partial charge in [-0.25, -0.2) is 8.42 Å². The van der Waals surface area contributed by atoms with Crippen molar-refractivity contribution in [3.05, 3.63) is 111 Å². The zero-order chi connectivity index (χ0) is 23.6. The fraction of sp³-hybridized carbons (Fsp3) is 0.222. The molecule has 6 heteroatoms. The number of rotatable bonds is 7. The summed E-state index contributed by atoms with van der Waals surface area (Å²) < 4.78 is 28.6. The van der Waals surface area contributed by atoms with Crippen LogP contribution in [0.15, 0.2) is 82.5 Å². The van der Waals surface area contributed by atoms with Crippen molar-refractivity contribution < 1.29 is 8.42 Å². The first-order valence-electron chi connectivity index (χ1n) is 11.0. The van der Waals surface area contributed by atoms with E-state index in [9.17, 15) is 13.2 Å². The average Bonchev–Trinajstić information content (AvgIpc) is 2.79. The van der Waals surface area contributed by atoms with Crippen molar-refractivity contribution in [2.75, 3.05) is 6.54 Å². The molecule has 0 amide bonds. The number of sulfonamides is 1. The third-order valence-corrected chi connectivity index (χ3v) is 7.92. The molecule has 1 heterocycles. The molecular weight excluding hydrogens is 432 g/mol. The first-order valence-corrected chi connectivity index (χ1v) is 12.4. The number of nitrogens with zero attached hydrogens (tertiary/aromatic N) is 1. The van der Waals surface area contributed by atoms with Crippen LogP contribution < -0.4 is 5.56 Å². The average molecular weight is 461 g/mol. The smallest absolute Gasteiger partial charge is 0.252 e. The molecule has 1 aromatic heterocycles. The van der Waals surface area contributed by atoms with Crippen molar-refractivity contribution in [2.24, 2.45) is 0 Å². The molecule has 0 bridgehead atoms. The second-order valence-electron chi connectivity index (χ2n) is 8.49. The molecule has 0 fully saturated rings. The number of aryl methyl sites for hydroxylation is 3. The number of benzene rings is 3. The van der Waals surface area contributed by atoms with E-state index < -0.39 is 10.0 Å². The number of aromatic amines is 1. The Kier molecular flexibility index (Phi) is 6.49. The first-order chi connectivity index (χ1) is 15.8. The van der Waals surface area contributed by atoms with Crippen molar-refractivity contribution >= 4 is 20.9 Å². The summed E-state index contributed by atoms with van der Waals surface area (Å²) in [4.78, 5) is 16.0. The van der Waals surface area contributed by atoms with E-state index in [0.29, 0.717) is 12.0 Å². The van der Waals surface area contributed by atoms with Crippen LogP contribution in [0.1, 0.15) is 27.8 Å². The SMILES string of the molecule is Cc1ccc(S(=O)(=O)N(CCc2ccccc2C)Cc2cc3cccc(C)c3[nH]c2=O)cc1. The van der Waals surface area contributed by atoms with Gasteiger partial charge < -0.3 is 4.98 Å². The maximum Gasteiger partial charge on any atom is 0.252 e. The maximum atomic E-state index is 13.6. The van der Waals surface area contributed by atoms with Crippen molar-refractivity contribution in [3.8, 4) is 0 Å². The Bertz CT molecular complexity index is 1460. The van der Waals surface area contributed by atoms with Gasteiger partial charge in [0.2, 0.25) is 10.0 Å². The monoisotopic (exact) mass is 460 g/mol. The number of pyridine rings is 1. The lowest BCUT2D eigenvalue weighted by Crippen LogP contribution is -2.34. The highest BCUT2D eigenvalue weighted by Crippen LogP contribution is 2.21. The molecule has 0 saturated heterocycles. The van der Waals surface area contributed by atoms with Gasteiger partial charge >= 0.3 is 0 Å². The Morgan fingerprint density at radius 3 is 2.24 bits per heavy atom. The fourth-order valence-electron chi connectivity index (χ4n) is 4.02. The summed E-state index contributed by atoms with van der Waals surface area (Å²) in [6, 6.07) is 22.4. The highest BCUT2D eigenvalue weighted by molar-refractivity contribution is 7.89. The summed E-state index contributed by atoms with van der Waals surface area (Å²) in [7, 11) is -3.80. The Balaban J connectivity index is 1.73. The number of nitrogens with one attached hydrogen (secondary N) is 1. The Morgan fingerprint density at radius 1 is 0.818 bits per heavy atom. The summed E-state index contributed by atoms with van der Waals surface area (Å²) >= 11 is 0. The van der Waals surface area contributed by atoms with Gasteiger partial charge in [-0.05, 0) is 67.5 Å². The van der Waals surface area contributed by atoms with Crippen LogP contribution in [0, 0.1) is 20.8 Å². The van der Waals surface area contributed by atoms with Crippen LogP contribution in [0.2, 0.25) is 0 Å². The van der Waals surface area contributed by atoms with E-state index in [1.165, 1.54) is 4.31 Å². The minimum absolute atomic E-state index is 0.00130. The van der Waals surface area contributed by atoms with Gasteiger partial charge in [-0.3, -0.25) is 4.79 Å². The van der Waals surface area contributed by atoms with E-state index in [-0.39, 0.29) is 23.5 Å². The molecule has 33 heavy (non-hydrogen) atoms. The molecule has 0 atom stereocenters. The van der Waals surface area contributed by atoms with Crippen molar-refractivity contribution in [1.82, 2.24) is 9.29 Å². The third-order valence-electron chi connectivity index (χ3n) is 6.06. The second kappa shape index (κ2) is 9.33. The van der Waals surface area contributed by atoms with Crippen LogP contribution >= 0.6 is 0 Å². The fourth-order valence-corrected chi connectivity index (χ4v) is 5.43. The topological polar surface area (TPSA) is 70.2 Å². The molecule has 0 spiro atoms. The molecule has 4 rings (SSSR count). The number of aromatic nitrogens is 1. The number of hydrogen-bond donors (Lipinski definition) is 1. The predicted octanol–water partition coefficient (Wildman–Crippen LogP) is 4.89. The van der Waals surface area contributed by atoms with Gasteiger partial charge in [-0.1, -0.05) is 60.2 Å². The summed E-state index contributed by atoms with van der Waals surface area (Å²) in [5.41, 5.74) is 5.10. The van der Waals surface area contributed by atoms with Gasteiger partial charge in [0.05, 0.1) is 10.4 Å². The molecule has 0 unspecified atom stereocenters. The zero-order valence-corrected chi connectivity index (χ0v) is 19.9. The maximum absolute atomic E-state index is 13.6. The Labute approximate surface area is 194 Å².